The van der Waals surface area contributed by atoms with E-state index in [1.54, 1.807) is 6.21 Å². The van der Waals surface area contributed by atoms with Crippen LogP contribution in [0.4, 0.5) is 0 Å². The van der Waals surface area contributed by atoms with Crippen molar-refractivity contribution < 1.29 is 4.79 Å². The summed E-state index contributed by atoms with van der Waals surface area (Å²) in [6, 6.07) is 0. The van der Waals surface area contributed by atoms with Gasteiger partial charge in [-0.05, 0) is 18.1 Å². The maximum atomic E-state index is 11.2. The van der Waals surface area contributed by atoms with Crippen molar-refractivity contribution in [3.8, 4) is 0 Å². The molecule has 0 aromatic heterocycles. The largest absolute Gasteiger partial charge is 0.311 e. The Balaban J connectivity index is 2.45. The van der Waals surface area contributed by atoms with Gasteiger partial charge in [0.25, 0.3) is 0 Å². The van der Waals surface area contributed by atoms with Gasteiger partial charge in [-0.2, -0.15) is 0 Å². The first-order chi connectivity index (χ1) is 6.59. The van der Waals surface area contributed by atoms with Crippen LogP contribution in [0.3, 0.4) is 0 Å². The number of nitrogens with zero attached hydrogens (tertiary/aromatic N) is 1. The molecule has 2 aliphatic heterocycles. The van der Waals surface area contributed by atoms with Gasteiger partial charge in [-0.1, -0.05) is 19.9 Å². The molecule has 1 amide bonds. The summed E-state index contributed by atoms with van der Waals surface area (Å²) in [5, 5.41) is 2.82. The molecule has 0 spiro atoms. The van der Waals surface area contributed by atoms with Crippen LogP contribution in [-0.2, 0) is 4.79 Å². The summed E-state index contributed by atoms with van der Waals surface area (Å²) in [4.78, 5) is 15.4. The number of allylic oxidation sites excluding steroid dienone is 3. The molecule has 3 nitrogen and oxygen atoms in total. The van der Waals surface area contributed by atoms with Crippen molar-refractivity contribution in [3.63, 3.8) is 0 Å². The summed E-state index contributed by atoms with van der Waals surface area (Å²) < 4.78 is 0. The molecule has 1 N–H and O–H groups in total. The second-order valence-corrected chi connectivity index (χ2v) is 4.23. The van der Waals surface area contributed by atoms with E-state index >= 15 is 0 Å². The highest BCUT2D eigenvalue weighted by molar-refractivity contribution is 5.82. The second kappa shape index (κ2) is 3.08. The molecule has 0 bridgehead atoms. The molecule has 2 rings (SSSR count). The van der Waals surface area contributed by atoms with Gasteiger partial charge in [-0.15, -0.1) is 0 Å². The summed E-state index contributed by atoms with van der Waals surface area (Å²) >= 11 is 0. The molecule has 0 unspecified atom stereocenters. The smallest absolute Gasteiger partial charge is 0.225 e. The van der Waals surface area contributed by atoms with Crippen molar-refractivity contribution in [1.82, 2.24) is 5.32 Å². The predicted molar refractivity (Wildman–Crippen MR) is 55.8 cm³/mol. The maximum Gasteiger partial charge on any atom is 0.225 e. The SMILES string of the molecule is CC1(C)C=CC=NC2=C1CCC(=O)N2. The zero-order valence-corrected chi connectivity index (χ0v) is 8.50. The molecule has 0 aromatic rings. The summed E-state index contributed by atoms with van der Waals surface area (Å²) in [6.07, 6.45) is 7.18. The number of aliphatic imine (C=N–C) groups is 1. The van der Waals surface area contributed by atoms with Gasteiger partial charge in [0.05, 0.1) is 0 Å². The van der Waals surface area contributed by atoms with E-state index in [0.717, 1.165) is 12.2 Å². The Morgan fingerprint density at radius 1 is 1.43 bits per heavy atom. The molecule has 0 aromatic carbocycles. The van der Waals surface area contributed by atoms with Crippen molar-refractivity contribution in [3.05, 3.63) is 23.5 Å². The van der Waals surface area contributed by atoms with Crippen molar-refractivity contribution in [2.75, 3.05) is 0 Å². The van der Waals surface area contributed by atoms with Gasteiger partial charge in [-0.3, -0.25) is 4.79 Å². The van der Waals surface area contributed by atoms with E-state index in [0.29, 0.717) is 6.42 Å². The molecule has 0 radical (unpaired) electrons. The van der Waals surface area contributed by atoms with Crippen molar-refractivity contribution in [1.29, 1.82) is 0 Å². The van der Waals surface area contributed by atoms with Crippen LogP contribution in [0.25, 0.3) is 0 Å². The van der Waals surface area contributed by atoms with Gasteiger partial charge in [-0.25, -0.2) is 4.99 Å². The fraction of sp³-hybridized carbons (Fsp3) is 0.455. The quantitative estimate of drug-likeness (QED) is 0.621. The zero-order valence-electron chi connectivity index (χ0n) is 8.50. The van der Waals surface area contributed by atoms with E-state index in [2.05, 4.69) is 30.2 Å². The first-order valence-electron chi connectivity index (χ1n) is 4.85. The van der Waals surface area contributed by atoms with E-state index in [9.17, 15) is 4.79 Å². The molecule has 14 heavy (non-hydrogen) atoms. The summed E-state index contributed by atoms with van der Waals surface area (Å²) in [6.45, 7) is 4.29. The van der Waals surface area contributed by atoms with Crippen LogP contribution in [0.15, 0.2) is 28.5 Å². The van der Waals surface area contributed by atoms with Gasteiger partial charge in [0.2, 0.25) is 5.91 Å². The second-order valence-electron chi connectivity index (χ2n) is 4.23. The van der Waals surface area contributed by atoms with Crippen LogP contribution in [0.2, 0.25) is 0 Å². The lowest BCUT2D eigenvalue weighted by molar-refractivity contribution is -0.120. The maximum absolute atomic E-state index is 11.2. The predicted octanol–water partition coefficient (Wildman–Crippen LogP) is 1.77. The fourth-order valence-electron chi connectivity index (χ4n) is 1.87. The number of carbonyl (C=O) groups is 1. The number of hydrogen-bond donors (Lipinski definition) is 1. The van der Waals surface area contributed by atoms with Crippen LogP contribution in [-0.4, -0.2) is 12.1 Å². The van der Waals surface area contributed by atoms with Gasteiger partial charge in [0.1, 0.15) is 5.82 Å². The lowest BCUT2D eigenvalue weighted by atomic mass is 9.80. The molecule has 2 aliphatic rings. The van der Waals surface area contributed by atoms with Crippen LogP contribution in [0.5, 0.6) is 0 Å². The van der Waals surface area contributed by atoms with E-state index in [4.69, 9.17) is 0 Å². The molecule has 2 heterocycles. The van der Waals surface area contributed by atoms with Gasteiger partial charge in [0, 0.05) is 18.1 Å². The molecule has 0 atom stereocenters. The molecule has 0 aliphatic carbocycles. The van der Waals surface area contributed by atoms with Gasteiger partial charge >= 0.3 is 0 Å². The first-order valence-corrected chi connectivity index (χ1v) is 4.85. The highest BCUT2D eigenvalue weighted by atomic mass is 16.1. The van der Waals surface area contributed by atoms with Crippen molar-refractivity contribution in [2.24, 2.45) is 10.4 Å². The van der Waals surface area contributed by atoms with Crippen molar-refractivity contribution in [2.45, 2.75) is 26.7 Å². The topological polar surface area (TPSA) is 41.5 Å². The van der Waals surface area contributed by atoms with Crippen LogP contribution in [0, 0.1) is 5.41 Å². The van der Waals surface area contributed by atoms with Crippen molar-refractivity contribution >= 4 is 12.1 Å². The Kier molecular flexibility index (Phi) is 2.02. The minimum atomic E-state index is -0.000463. The normalized spacial score (nSPS) is 24.3. The molecular formula is C11H14N2O. The number of amides is 1. The van der Waals surface area contributed by atoms with E-state index in [1.807, 2.05) is 6.08 Å². The third-order valence-corrected chi connectivity index (χ3v) is 2.73. The lowest BCUT2D eigenvalue weighted by Gasteiger charge is -2.28. The highest BCUT2D eigenvalue weighted by Crippen LogP contribution is 2.36. The van der Waals surface area contributed by atoms with Gasteiger partial charge in [0.15, 0.2) is 0 Å². The monoisotopic (exact) mass is 190 g/mol. The van der Waals surface area contributed by atoms with E-state index in [-0.39, 0.29) is 11.3 Å². The highest BCUT2D eigenvalue weighted by Gasteiger charge is 2.28. The Morgan fingerprint density at radius 2 is 2.21 bits per heavy atom. The van der Waals surface area contributed by atoms with Gasteiger partial charge < -0.3 is 5.32 Å². The van der Waals surface area contributed by atoms with E-state index in [1.165, 1.54) is 5.57 Å². The number of rotatable bonds is 0. The third-order valence-electron chi connectivity index (χ3n) is 2.73. The Bertz CT molecular complexity index is 361. The van der Waals surface area contributed by atoms with Crippen LogP contribution >= 0.6 is 0 Å². The fourth-order valence-corrected chi connectivity index (χ4v) is 1.87. The average molecular weight is 190 g/mol. The minimum Gasteiger partial charge on any atom is -0.311 e. The first kappa shape index (κ1) is 9.19. The Morgan fingerprint density at radius 3 is 3.00 bits per heavy atom. The molecule has 0 saturated heterocycles. The van der Waals surface area contributed by atoms with Crippen LogP contribution in [0.1, 0.15) is 26.7 Å². The van der Waals surface area contributed by atoms with Crippen LogP contribution < -0.4 is 5.32 Å². The lowest BCUT2D eigenvalue weighted by Crippen LogP contribution is -2.30. The standard InChI is InChI=1S/C11H14N2O/c1-11(2)6-3-7-12-10-8(11)4-5-9(14)13-10/h3,6-7H,4-5H2,1-2H3,(H,13,14). The number of nitrogens with one attached hydrogen (secondary N) is 1. The molecule has 3 heteroatoms. The third kappa shape index (κ3) is 1.50. The van der Waals surface area contributed by atoms with E-state index < -0.39 is 0 Å². The average Bonchev–Trinajstić information content (AvgIpc) is 2.25. The zero-order chi connectivity index (χ0) is 10.2. The Labute approximate surface area is 83.6 Å². The minimum absolute atomic E-state index is 0.000463. The molecule has 74 valence electrons. The molecular weight excluding hydrogens is 176 g/mol. The molecule has 0 saturated carbocycles. The number of hydrogen-bond acceptors (Lipinski definition) is 2. The Hall–Kier alpha value is -1.38. The summed E-state index contributed by atoms with van der Waals surface area (Å²) in [5.41, 5.74) is 1.22. The summed E-state index contributed by atoms with van der Waals surface area (Å²) in [7, 11) is 0. The number of carbonyl (C=O) groups excluding carboxylic acids is 1. The summed E-state index contributed by atoms with van der Waals surface area (Å²) in [5.74, 6) is 0.815. The molecule has 0 fully saturated rings.